The molecule has 1 aliphatic heterocycles. The van der Waals surface area contributed by atoms with Gasteiger partial charge in [-0.1, -0.05) is 12.1 Å². The summed E-state index contributed by atoms with van der Waals surface area (Å²) in [5.74, 6) is 1.12. The molecule has 3 aromatic rings. The van der Waals surface area contributed by atoms with Crippen molar-refractivity contribution in [1.82, 2.24) is 19.7 Å². The molecule has 1 saturated heterocycles. The Morgan fingerprint density at radius 2 is 1.85 bits per heavy atom. The van der Waals surface area contributed by atoms with Crippen LogP contribution in [0.3, 0.4) is 0 Å². The van der Waals surface area contributed by atoms with Crippen molar-refractivity contribution in [2.75, 3.05) is 36.9 Å². The van der Waals surface area contributed by atoms with Gasteiger partial charge in [-0.05, 0) is 32.0 Å². The third kappa shape index (κ3) is 3.25. The summed E-state index contributed by atoms with van der Waals surface area (Å²) in [5, 5.41) is 4.56. The highest BCUT2D eigenvalue weighted by atomic mass is 16.5. The number of anilines is 2. The van der Waals surface area contributed by atoms with E-state index in [1.807, 2.05) is 42.8 Å². The van der Waals surface area contributed by atoms with E-state index in [-0.39, 0.29) is 0 Å². The van der Waals surface area contributed by atoms with Gasteiger partial charge in [0.2, 0.25) is 5.95 Å². The van der Waals surface area contributed by atoms with Gasteiger partial charge in [-0.3, -0.25) is 0 Å². The normalized spacial score (nSPS) is 14.6. The lowest BCUT2D eigenvalue weighted by atomic mass is 10.1. The third-order valence-corrected chi connectivity index (χ3v) is 4.42. The molecule has 7 heteroatoms. The maximum absolute atomic E-state index is 6.05. The Labute approximate surface area is 152 Å². The standard InChI is InChI=1S/C19H22N6O/c1-13-10-14(2)25(23-13)16-5-3-4-15(11-16)17-12-18(20)22-19(21-17)24-6-8-26-9-7-24/h3-5,10-12H,6-9H2,1-2H3,(H2,20,21,22). The fourth-order valence-electron chi connectivity index (χ4n) is 3.19. The Bertz CT molecular complexity index is 930. The molecule has 0 bridgehead atoms. The average Bonchev–Trinajstić information content (AvgIpc) is 3.00. The fraction of sp³-hybridized carbons (Fsp3) is 0.316. The van der Waals surface area contributed by atoms with Crippen LogP contribution in [0.15, 0.2) is 36.4 Å². The molecule has 3 heterocycles. The van der Waals surface area contributed by atoms with E-state index in [0.717, 1.165) is 41.4 Å². The predicted octanol–water partition coefficient (Wildman–Crippen LogP) is 2.36. The maximum atomic E-state index is 6.05. The van der Waals surface area contributed by atoms with Crippen LogP contribution in [0.5, 0.6) is 0 Å². The molecule has 4 rings (SSSR count). The van der Waals surface area contributed by atoms with Crippen LogP contribution in [0.25, 0.3) is 16.9 Å². The summed E-state index contributed by atoms with van der Waals surface area (Å²) in [7, 11) is 0. The van der Waals surface area contributed by atoms with Gasteiger partial charge in [0.05, 0.1) is 30.3 Å². The van der Waals surface area contributed by atoms with Crippen molar-refractivity contribution in [3.8, 4) is 16.9 Å². The summed E-state index contributed by atoms with van der Waals surface area (Å²) in [5.41, 5.74) is 10.9. The van der Waals surface area contributed by atoms with Crippen molar-refractivity contribution < 1.29 is 4.74 Å². The molecule has 1 fully saturated rings. The highest BCUT2D eigenvalue weighted by Gasteiger charge is 2.16. The summed E-state index contributed by atoms with van der Waals surface area (Å²) in [6.45, 7) is 6.95. The van der Waals surface area contributed by atoms with Crippen LogP contribution in [0.1, 0.15) is 11.4 Å². The second-order valence-corrected chi connectivity index (χ2v) is 6.47. The maximum Gasteiger partial charge on any atom is 0.228 e. The van der Waals surface area contributed by atoms with Gasteiger partial charge in [-0.2, -0.15) is 10.1 Å². The van der Waals surface area contributed by atoms with Crippen molar-refractivity contribution >= 4 is 11.8 Å². The molecule has 0 spiro atoms. The number of ether oxygens (including phenoxy) is 1. The molecule has 26 heavy (non-hydrogen) atoms. The summed E-state index contributed by atoms with van der Waals surface area (Å²) >= 11 is 0. The zero-order chi connectivity index (χ0) is 18.1. The number of hydrogen-bond acceptors (Lipinski definition) is 6. The number of nitrogens with zero attached hydrogens (tertiary/aromatic N) is 5. The van der Waals surface area contributed by atoms with Crippen molar-refractivity contribution in [3.05, 3.63) is 47.8 Å². The van der Waals surface area contributed by atoms with Crippen LogP contribution in [0.2, 0.25) is 0 Å². The first-order valence-electron chi connectivity index (χ1n) is 8.71. The van der Waals surface area contributed by atoms with Gasteiger partial charge in [0.1, 0.15) is 5.82 Å². The Kier molecular flexibility index (Phi) is 4.30. The highest BCUT2D eigenvalue weighted by Crippen LogP contribution is 2.25. The average molecular weight is 350 g/mol. The Morgan fingerprint density at radius 3 is 2.58 bits per heavy atom. The third-order valence-electron chi connectivity index (χ3n) is 4.42. The lowest BCUT2D eigenvalue weighted by Gasteiger charge is -2.27. The van der Waals surface area contributed by atoms with Crippen LogP contribution in [-0.4, -0.2) is 46.1 Å². The number of nitrogen functional groups attached to an aromatic ring is 1. The van der Waals surface area contributed by atoms with Crippen LogP contribution in [0, 0.1) is 13.8 Å². The van der Waals surface area contributed by atoms with E-state index < -0.39 is 0 Å². The molecule has 134 valence electrons. The van der Waals surface area contributed by atoms with Crippen LogP contribution < -0.4 is 10.6 Å². The first-order chi connectivity index (χ1) is 12.6. The van der Waals surface area contributed by atoms with Gasteiger partial charge < -0.3 is 15.4 Å². The van der Waals surface area contributed by atoms with Crippen LogP contribution in [0.4, 0.5) is 11.8 Å². The Balaban J connectivity index is 1.72. The molecular formula is C19H22N6O. The zero-order valence-electron chi connectivity index (χ0n) is 15.0. The lowest BCUT2D eigenvalue weighted by Crippen LogP contribution is -2.37. The molecule has 1 aromatic carbocycles. The van der Waals surface area contributed by atoms with Gasteiger partial charge in [0.15, 0.2) is 0 Å². The van der Waals surface area contributed by atoms with Gasteiger partial charge in [-0.15, -0.1) is 0 Å². The molecule has 1 aliphatic rings. The predicted molar refractivity (Wildman–Crippen MR) is 102 cm³/mol. The second-order valence-electron chi connectivity index (χ2n) is 6.47. The van der Waals surface area contributed by atoms with Gasteiger partial charge in [-0.25, -0.2) is 9.67 Å². The molecule has 0 atom stereocenters. The van der Waals surface area contributed by atoms with Crippen molar-refractivity contribution in [2.24, 2.45) is 0 Å². The summed E-state index contributed by atoms with van der Waals surface area (Å²) in [4.78, 5) is 11.2. The van der Waals surface area contributed by atoms with E-state index in [0.29, 0.717) is 25.0 Å². The van der Waals surface area contributed by atoms with E-state index in [2.05, 4.69) is 27.1 Å². The molecule has 0 radical (unpaired) electrons. The van der Waals surface area contributed by atoms with Crippen LogP contribution in [-0.2, 0) is 4.74 Å². The number of aromatic nitrogens is 4. The molecular weight excluding hydrogens is 328 g/mol. The monoisotopic (exact) mass is 350 g/mol. The number of aryl methyl sites for hydroxylation is 2. The summed E-state index contributed by atoms with van der Waals surface area (Å²) < 4.78 is 7.34. The smallest absolute Gasteiger partial charge is 0.228 e. The van der Waals surface area contributed by atoms with E-state index in [1.165, 1.54) is 0 Å². The number of hydrogen-bond donors (Lipinski definition) is 1. The zero-order valence-corrected chi connectivity index (χ0v) is 15.0. The van der Waals surface area contributed by atoms with E-state index in [9.17, 15) is 0 Å². The molecule has 0 saturated carbocycles. The molecule has 7 nitrogen and oxygen atoms in total. The Morgan fingerprint density at radius 1 is 1.04 bits per heavy atom. The van der Waals surface area contributed by atoms with Crippen LogP contribution >= 0.6 is 0 Å². The minimum absolute atomic E-state index is 0.466. The number of nitrogens with two attached hydrogens (primary N) is 1. The van der Waals surface area contributed by atoms with Gasteiger partial charge in [0, 0.05) is 30.4 Å². The van der Waals surface area contributed by atoms with E-state index in [4.69, 9.17) is 15.5 Å². The minimum atomic E-state index is 0.466. The second kappa shape index (κ2) is 6.76. The Hall–Kier alpha value is -2.93. The van der Waals surface area contributed by atoms with E-state index in [1.54, 1.807) is 0 Å². The van der Waals surface area contributed by atoms with Crippen molar-refractivity contribution in [1.29, 1.82) is 0 Å². The van der Waals surface area contributed by atoms with Crippen molar-refractivity contribution in [3.63, 3.8) is 0 Å². The largest absolute Gasteiger partial charge is 0.384 e. The van der Waals surface area contributed by atoms with Crippen molar-refractivity contribution in [2.45, 2.75) is 13.8 Å². The number of morpholine rings is 1. The molecule has 0 aliphatic carbocycles. The SMILES string of the molecule is Cc1cc(C)n(-c2cccc(-c3cc(N)nc(N4CCOCC4)n3)c2)n1. The molecule has 2 N–H and O–H groups in total. The van der Waals surface area contributed by atoms with Gasteiger partial charge >= 0.3 is 0 Å². The molecule has 0 amide bonds. The number of rotatable bonds is 3. The topological polar surface area (TPSA) is 82.1 Å². The lowest BCUT2D eigenvalue weighted by molar-refractivity contribution is 0.122. The summed E-state index contributed by atoms with van der Waals surface area (Å²) in [6, 6.07) is 12.0. The first-order valence-corrected chi connectivity index (χ1v) is 8.71. The van der Waals surface area contributed by atoms with Gasteiger partial charge in [0.25, 0.3) is 0 Å². The summed E-state index contributed by atoms with van der Waals surface area (Å²) in [6.07, 6.45) is 0. The molecule has 2 aromatic heterocycles. The quantitative estimate of drug-likeness (QED) is 0.781. The molecule has 0 unspecified atom stereocenters. The highest BCUT2D eigenvalue weighted by molar-refractivity contribution is 5.66. The first kappa shape index (κ1) is 16.5. The minimum Gasteiger partial charge on any atom is -0.384 e. The number of benzene rings is 1. The fourth-order valence-corrected chi connectivity index (χ4v) is 3.19. The van der Waals surface area contributed by atoms with E-state index >= 15 is 0 Å².